The third kappa shape index (κ3) is 2.81. The SMILES string of the molecule is Cc1sc2ncnc(SCC(=O)c3ccc4c(c3)CC(=O)N4C)c2c1C. The topological polar surface area (TPSA) is 63.2 Å². The third-order valence-corrected chi connectivity index (χ3v) is 6.85. The maximum atomic E-state index is 12.6. The number of ketones is 1. The molecule has 0 spiro atoms. The first-order chi connectivity index (χ1) is 12.5. The number of aryl methyl sites for hydroxylation is 2. The Balaban J connectivity index is 1.55. The van der Waals surface area contributed by atoms with Crippen LogP contribution in [0, 0.1) is 13.8 Å². The van der Waals surface area contributed by atoms with Crippen molar-refractivity contribution in [3.8, 4) is 0 Å². The van der Waals surface area contributed by atoms with E-state index in [1.807, 2.05) is 12.1 Å². The van der Waals surface area contributed by atoms with E-state index in [2.05, 4.69) is 23.8 Å². The highest BCUT2D eigenvalue weighted by molar-refractivity contribution is 8.00. The molecule has 1 aliphatic heterocycles. The molecule has 0 aliphatic carbocycles. The molecular weight excluding hydrogens is 366 g/mol. The molecule has 0 unspecified atom stereocenters. The first kappa shape index (κ1) is 17.2. The first-order valence-corrected chi connectivity index (χ1v) is 10.0. The van der Waals surface area contributed by atoms with E-state index >= 15 is 0 Å². The lowest BCUT2D eigenvalue weighted by atomic mass is 10.1. The summed E-state index contributed by atoms with van der Waals surface area (Å²) in [7, 11) is 1.76. The van der Waals surface area contributed by atoms with Crippen molar-refractivity contribution in [1.29, 1.82) is 0 Å². The average molecular weight is 383 g/mol. The summed E-state index contributed by atoms with van der Waals surface area (Å²) in [5.74, 6) is 0.407. The van der Waals surface area contributed by atoms with E-state index in [1.54, 1.807) is 35.7 Å². The Bertz CT molecular complexity index is 1060. The lowest BCUT2D eigenvalue weighted by Gasteiger charge is -2.10. The molecule has 0 atom stereocenters. The van der Waals surface area contributed by atoms with Crippen LogP contribution < -0.4 is 4.90 Å². The second-order valence-corrected chi connectivity index (χ2v) is 8.49. The summed E-state index contributed by atoms with van der Waals surface area (Å²) < 4.78 is 0. The number of carbonyl (C=O) groups excluding carboxylic acids is 2. The van der Waals surface area contributed by atoms with Crippen LogP contribution in [-0.2, 0) is 11.2 Å². The van der Waals surface area contributed by atoms with Crippen LogP contribution in [0.15, 0.2) is 29.6 Å². The van der Waals surface area contributed by atoms with Crippen molar-refractivity contribution >= 4 is 50.7 Å². The number of thiophene rings is 1. The Hall–Kier alpha value is -2.25. The molecular formula is C19H17N3O2S2. The molecule has 7 heteroatoms. The molecule has 0 saturated heterocycles. The Labute approximate surface area is 159 Å². The highest BCUT2D eigenvalue weighted by Crippen LogP contribution is 2.35. The predicted molar refractivity (Wildman–Crippen MR) is 105 cm³/mol. The number of nitrogens with zero attached hydrogens (tertiary/aromatic N) is 3. The summed E-state index contributed by atoms with van der Waals surface area (Å²) in [4.78, 5) is 37.0. The summed E-state index contributed by atoms with van der Waals surface area (Å²) in [6.45, 7) is 4.14. The number of aromatic nitrogens is 2. The van der Waals surface area contributed by atoms with Crippen LogP contribution in [0.25, 0.3) is 10.2 Å². The van der Waals surface area contributed by atoms with Crippen LogP contribution in [-0.4, -0.2) is 34.5 Å². The molecule has 0 radical (unpaired) electrons. The molecule has 5 nitrogen and oxygen atoms in total. The number of carbonyl (C=O) groups is 2. The van der Waals surface area contributed by atoms with E-state index in [0.717, 1.165) is 26.5 Å². The van der Waals surface area contributed by atoms with Crippen LogP contribution in [0.3, 0.4) is 0 Å². The predicted octanol–water partition coefficient (Wildman–Crippen LogP) is 3.80. The molecule has 0 fully saturated rings. The van der Waals surface area contributed by atoms with Crippen molar-refractivity contribution in [2.45, 2.75) is 25.3 Å². The second-order valence-electron chi connectivity index (χ2n) is 6.33. The molecule has 0 N–H and O–H groups in total. The van der Waals surface area contributed by atoms with Gasteiger partial charge in [-0.3, -0.25) is 9.59 Å². The number of amides is 1. The second kappa shape index (κ2) is 6.48. The minimum absolute atomic E-state index is 0.0381. The molecule has 3 heterocycles. The van der Waals surface area contributed by atoms with E-state index in [4.69, 9.17) is 0 Å². The molecule has 0 saturated carbocycles. The Kier molecular flexibility index (Phi) is 4.28. The Morgan fingerprint density at radius 1 is 1.31 bits per heavy atom. The molecule has 2 aromatic heterocycles. The van der Waals surface area contributed by atoms with Gasteiger partial charge in [0.25, 0.3) is 0 Å². The number of likely N-dealkylation sites (N-methyl/N-ethyl adjacent to an activating group) is 1. The van der Waals surface area contributed by atoms with Crippen molar-refractivity contribution < 1.29 is 9.59 Å². The molecule has 1 aliphatic rings. The maximum absolute atomic E-state index is 12.6. The van der Waals surface area contributed by atoms with Crippen molar-refractivity contribution in [3.63, 3.8) is 0 Å². The zero-order valence-electron chi connectivity index (χ0n) is 14.7. The maximum Gasteiger partial charge on any atom is 0.231 e. The standard InChI is InChI=1S/C19H17N3O2S2/c1-10-11(2)26-19-17(10)18(20-9-21-19)25-8-15(23)12-4-5-14-13(6-12)7-16(24)22(14)3/h4-6,9H,7-8H2,1-3H3. The first-order valence-electron chi connectivity index (χ1n) is 8.22. The number of benzene rings is 1. The van der Waals surface area contributed by atoms with Gasteiger partial charge in [0.15, 0.2) is 5.78 Å². The van der Waals surface area contributed by atoms with E-state index < -0.39 is 0 Å². The molecule has 4 rings (SSSR count). The van der Waals surface area contributed by atoms with E-state index in [-0.39, 0.29) is 11.7 Å². The quantitative estimate of drug-likeness (QED) is 0.389. The summed E-state index contributed by atoms with van der Waals surface area (Å²) in [5.41, 5.74) is 3.63. The normalized spacial score (nSPS) is 13.5. The van der Waals surface area contributed by atoms with Crippen LogP contribution >= 0.6 is 23.1 Å². The zero-order valence-corrected chi connectivity index (χ0v) is 16.3. The van der Waals surface area contributed by atoms with Gasteiger partial charge in [-0.15, -0.1) is 11.3 Å². The van der Waals surface area contributed by atoms with Gasteiger partial charge in [-0.1, -0.05) is 11.8 Å². The summed E-state index contributed by atoms with van der Waals surface area (Å²) >= 11 is 3.09. The number of thioether (sulfide) groups is 1. The van der Waals surface area contributed by atoms with Crippen molar-refractivity contribution in [2.75, 3.05) is 17.7 Å². The van der Waals surface area contributed by atoms with Gasteiger partial charge in [-0.05, 0) is 43.2 Å². The largest absolute Gasteiger partial charge is 0.315 e. The summed E-state index contributed by atoms with van der Waals surface area (Å²) in [6, 6.07) is 5.50. The smallest absolute Gasteiger partial charge is 0.231 e. The zero-order chi connectivity index (χ0) is 18.4. The monoisotopic (exact) mass is 383 g/mol. The molecule has 3 aromatic rings. The van der Waals surface area contributed by atoms with Crippen LogP contribution in [0.5, 0.6) is 0 Å². The summed E-state index contributed by atoms with van der Waals surface area (Å²) in [5, 5.41) is 1.90. The Morgan fingerprint density at radius 2 is 2.12 bits per heavy atom. The number of hydrogen-bond acceptors (Lipinski definition) is 6. The van der Waals surface area contributed by atoms with Gasteiger partial charge in [0.2, 0.25) is 5.91 Å². The third-order valence-electron chi connectivity index (χ3n) is 4.75. The minimum atomic E-state index is 0.0381. The molecule has 132 valence electrons. The highest BCUT2D eigenvalue weighted by Gasteiger charge is 2.25. The lowest BCUT2D eigenvalue weighted by Crippen LogP contribution is -2.20. The van der Waals surface area contributed by atoms with E-state index in [9.17, 15) is 9.59 Å². The number of fused-ring (bicyclic) bond motifs is 2. The molecule has 0 bridgehead atoms. The average Bonchev–Trinajstić information content (AvgIpc) is 3.09. The number of Topliss-reactive ketones (excluding diaryl/α,β-unsaturated/α-hetero) is 1. The number of hydrogen-bond donors (Lipinski definition) is 0. The molecule has 26 heavy (non-hydrogen) atoms. The van der Waals surface area contributed by atoms with Gasteiger partial charge < -0.3 is 4.90 Å². The van der Waals surface area contributed by atoms with Gasteiger partial charge in [0, 0.05) is 28.6 Å². The van der Waals surface area contributed by atoms with Crippen LogP contribution in [0.2, 0.25) is 0 Å². The van der Waals surface area contributed by atoms with Crippen LogP contribution in [0.1, 0.15) is 26.4 Å². The number of rotatable bonds is 4. The Morgan fingerprint density at radius 3 is 2.92 bits per heavy atom. The number of anilines is 1. The fourth-order valence-electron chi connectivity index (χ4n) is 3.12. The van der Waals surface area contributed by atoms with Gasteiger partial charge in [0.05, 0.1) is 12.2 Å². The highest BCUT2D eigenvalue weighted by atomic mass is 32.2. The fraction of sp³-hybridized carbons (Fsp3) is 0.263. The lowest BCUT2D eigenvalue weighted by molar-refractivity contribution is -0.117. The van der Waals surface area contributed by atoms with Gasteiger partial charge in [0.1, 0.15) is 16.2 Å². The molecule has 1 aromatic carbocycles. The fourth-order valence-corrected chi connectivity index (χ4v) is 5.13. The van der Waals surface area contributed by atoms with Crippen molar-refractivity contribution in [2.24, 2.45) is 0 Å². The van der Waals surface area contributed by atoms with Gasteiger partial charge >= 0.3 is 0 Å². The molecule has 1 amide bonds. The van der Waals surface area contributed by atoms with E-state index in [0.29, 0.717) is 17.7 Å². The van der Waals surface area contributed by atoms with Gasteiger partial charge in [-0.25, -0.2) is 9.97 Å². The van der Waals surface area contributed by atoms with Crippen LogP contribution in [0.4, 0.5) is 5.69 Å². The van der Waals surface area contributed by atoms with Crippen molar-refractivity contribution in [1.82, 2.24) is 9.97 Å². The van der Waals surface area contributed by atoms with E-state index in [1.165, 1.54) is 22.2 Å². The van der Waals surface area contributed by atoms with Crippen molar-refractivity contribution in [3.05, 3.63) is 46.1 Å². The van der Waals surface area contributed by atoms with Gasteiger partial charge in [-0.2, -0.15) is 0 Å². The summed E-state index contributed by atoms with van der Waals surface area (Å²) in [6.07, 6.45) is 1.92. The minimum Gasteiger partial charge on any atom is -0.315 e.